The fourth-order valence-electron chi connectivity index (χ4n) is 8.17. The van der Waals surface area contributed by atoms with Gasteiger partial charge >= 0.3 is 6.09 Å². The van der Waals surface area contributed by atoms with E-state index in [1.54, 1.807) is 31.4 Å². The zero-order valence-electron chi connectivity index (χ0n) is 35.4. The van der Waals surface area contributed by atoms with Gasteiger partial charge in [0.1, 0.15) is 46.8 Å². The van der Waals surface area contributed by atoms with Crippen LogP contribution >= 0.6 is 18.7 Å². The number of hydrogen-bond donors (Lipinski definition) is 4. The number of ether oxygens (including phenoxy) is 3. The number of aromatic nitrogens is 4. The fourth-order valence-corrected chi connectivity index (χ4v) is 11.3. The smallest absolute Gasteiger partial charge is 0.408 e. The maximum atomic E-state index is 14.9. The molecule has 3 amide bonds. The van der Waals surface area contributed by atoms with Crippen LogP contribution in [0.3, 0.4) is 0 Å². The van der Waals surface area contributed by atoms with Crippen LogP contribution in [0.1, 0.15) is 78.8 Å². The Kier molecular flexibility index (Phi) is 12.8. The molecule has 326 valence electrons. The van der Waals surface area contributed by atoms with Crippen LogP contribution in [0.5, 0.6) is 11.5 Å². The molecule has 3 fully saturated rings. The molecule has 7 rings (SSSR count). The number of nitrogens with zero attached hydrogens (tertiary/aromatic N) is 5. The average molecular weight is 875 g/mol. The summed E-state index contributed by atoms with van der Waals surface area (Å²) in [4.78, 5) is 73.8. The third-order valence-corrected chi connectivity index (χ3v) is 14.9. The molecule has 1 aromatic carbocycles. The van der Waals surface area contributed by atoms with Gasteiger partial charge in [-0.05, 0) is 63.5 Å². The molecule has 1 saturated heterocycles. The Labute approximate surface area is 359 Å². The van der Waals surface area contributed by atoms with Gasteiger partial charge in [-0.25, -0.2) is 14.8 Å². The van der Waals surface area contributed by atoms with Gasteiger partial charge in [0.2, 0.25) is 19.2 Å². The summed E-state index contributed by atoms with van der Waals surface area (Å²) in [5, 5.41) is 10.9. The monoisotopic (exact) mass is 874 g/mol. The second-order valence-corrected chi connectivity index (χ2v) is 20.9. The Bertz CT molecular complexity index is 2320. The molecule has 4 aromatic rings. The van der Waals surface area contributed by atoms with Gasteiger partial charge in [0.05, 0.1) is 36.7 Å². The number of thiazole rings is 1. The zero-order valence-corrected chi connectivity index (χ0v) is 37.1. The molecule has 3 aromatic heterocycles. The lowest BCUT2D eigenvalue weighted by Crippen LogP contribution is -2.58. The number of anilines is 1. The van der Waals surface area contributed by atoms with Crippen molar-refractivity contribution in [1.82, 2.24) is 35.5 Å². The topological polar surface area (TPSA) is 207 Å². The third-order valence-electron chi connectivity index (χ3n) is 11.5. The van der Waals surface area contributed by atoms with Gasteiger partial charge in [-0.3, -0.25) is 24.1 Å². The fraction of sp³-hybridized carbons (Fsp3) is 0.512. The number of nitrogens with one attached hydrogen (secondary N) is 3. The zero-order chi connectivity index (χ0) is 43.7. The van der Waals surface area contributed by atoms with Crippen LogP contribution in [-0.2, 0) is 25.1 Å². The average Bonchev–Trinajstić information content (AvgIpc) is 3.61. The maximum absolute atomic E-state index is 14.9. The molecule has 16 nitrogen and oxygen atoms in total. The summed E-state index contributed by atoms with van der Waals surface area (Å²) in [5.74, 6) is -0.603. The van der Waals surface area contributed by atoms with E-state index < -0.39 is 60.1 Å². The number of hydrogen-bond acceptors (Lipinski definition) is 13. The number of rotatable bonds is 15. The Hall–Kier alpha value is -5.12. The van der Waals surface area contributed by atoms with E-state index >= 15 is 0 Å². The van der Waals surface area contributed by atoms with Crippen molar-refractivity contribution in [2.24, 2.45) is 11.3 Å². The van der Waals surface area contributed by atoms with E-state index in [2.05, 4.69) is 32.5 Å². The summed E-state index contributed by atoms with van der Waals surface area (Å²) in [6.45, 7) is 13.4. The van der Waals surface area contributed by atoms with E-state index in [-0.39, 0.29) is 37.7 Å². The van der Waals surface area contributed by atoms with Crippen molar-refractivity contribution in [2.45, 2.75) is 115 Å². The summed E-state index contributed by atoms with van der Waals surface area (Å²) in [5.41, 5.74) is 1.27. The van der Waals surface area contributed by atoms with Gasteiger partial charge in [0.25, 0.3) is 0 Å². The highest BCUT2D eigenvalue weighted by molar-refractivity contribution is 7.59. The minimum atomic E-state index is -4.18. The molecule has 61 heavy (non-hydrogen) atoms. The predicted molar refractivity (Wildman–Crippen MR) is 233 cm³/mol. The Morgan fingerprint density at radius 3 is 2.54 bits per heavy atom. The van der Waals surface area contributed by atoms with Gasteiger partial charge in [-0.2, -0.15) is 0 Å². The number of carbonyl (C=O) groups is 3. The van der Waals surface area contributed by atoms with Crippen molar-refractivity contribution in [3.05, 3.63) is 66.6 Å². The van der Waals surface area contributed by atoms with Gasteiger partial charge in [0.15, 0.2) is 5.13 Å². The molecule has 4 heterocycles. The minimum Gasteiger partial charge on any atom is -0.497 e. The lowest BCUT2D eigenvalue weighted by Gasteiger charge is -2.36. The number of carbonyl (C=O) groups excluding carboxylic acids is 3. The molecular formula is C43H55N8O8PS. The first-order valence-corrected chi connectivity index (χ1v) is 23.4. The molecule has 0 spiro atoms. The van der Waals surface area contributed by atoms with Gasteiger partial charge < -0.3 is 40.0 Å². The van der Waals surface area contributed by atoms with Crippen LogP contribution in [0, 0.1) is 11.3 Å². The normalized spacial score (nSPS) is 23.0. The molecule has 0 radical (unpaired) electrons. The number of likely N-dealkylation sites (tertiary alicyclic amines) is 1. The predicted octanol–water partition coefficient (Wildman–Crippen LogP) is 6.90. The molecule has 4 N–H and O–H groups in total. The second kappa shape index (κ2) is 17.7. The van der Waals surface area contributed by atoms with E-state index in [9.17, 15) is 23.8 Å². The van der Waals surface area contributed by atoms with E-state index in [0.29, 0.717) is 39.5 Å². The first-order valence-electron chi connectivity index (χ1n) is 20.7. The number of alkyl carbamates (subject to hydrolysis) is 1. The summed E-state index contributed by atoms with van der Waals surface area (Å²) >= 11 is 1.46. The molecule has 1 aliphatic heterocycles. The largest absolute Gasteiger partial charge is 0.497 e. The second-order valence-electron chi connectivity index (χ2n) is 17.5. The van der Waals surface area contributed by atoms with Crippen molar-refractivity contribution in [1.29, 1.82) is 0 Å². The van der Waals surface area contributed by atoms with Crippen molar-refractivity contribution in [3.8, 4) is 22.9 Å². The van der Waals surface area contributed by atoms with E-state index in [0.717, 1.165) is 30.8 Å². The first kappa shape index (κ1) is 44.0. The number of fused-ring (bicyclic) bond motifs is 1. The summed E-state index contributed by atoms with van der Waals surface area (Å²) in [6, 6.07) is 5.17. The lowest BCUT2D eigenvalue weighted by atomic mass is 9.85. The maximum Gasteiger partial charge on any atom is 0.408 e. The Balaban J connectivity index is 1.22. The van der Waals surface area contributed by atoms with Crippen LogP contribution < -0.4 is 25.4 Å². The first-order chi connectivity index (χ1) is 29.0. The molecule has 2 saturated carbocycles. The molecule has 0 bridgehead atoms. The standard InChI is InChI=1S/C43H55N8O8PS/c1-8-26-20-43(26,60(55,56)23-27-21-44-15-16-45-27)50-38(52)35-18-30(22-51(35)39(53)37(42(4,5)6)49-41(54)59-28-11-9-10-12-28)58-36-19-33(34-24-61-40(48-34)46-25(2)3)47-32-17-29(57-7)13-14-31(32)36/h8,13-17,19,21,24-26,28,30,35,37H,1,9-12,18,20,22-23H2,2-7H3,(H,46,48)(H,49,54)(H,50,52)(H,55,56)/t26-,30-,35+,37?,43+/m1/s1. The highest BCUT2D eigenvalue weighted by atomic mass is 32.1. The van der Waals surface area contributed by atoms with Crippen LogP contribution in [-0.4, -0.2) is 96.9 Å². The molecule has 3 aliphatic rings. The van der Waals surface area contributed by atoms with Crippen LogP contribution in [0.2, 0.25) is 0 Å². The van der Waals surface area contributed by atoms with E-state index in [4.69, 9.17) is 24.2 Å². The van der Waals surface area contributed by atoms with Crippen molar-refractivity contribution >= 4 is 52.6 Å². The number of amides is 3. The number of methoxy groups -OCH3 is 1. The lowest BCUT2D eigenvalue weighted by molar-refractivity contribution is -0.142. The van der Waals surface area contributed by atoms with Crippen LogP contribution in [0.25, 0.3) is 22.3 Å². The van der Waals surface area contributed by atoms with E-state index in [1.807, 2.05) is 46.1 Å². The van der Waals surface area contributed by atoms with Gasteiger partial charge in [0, 0.05) is 59.9 Å². The van der Waals surface area contributed by atoms with Crippen LogP contribution in [0.15, 0.2) is 60.9 Å². The minimum absolute atomic E-state index is 0.0319. The third kappa shape index (κ3) is 9.68. The van der Waals surface area contributed by atoms with Gasteiger partial charge in [-0.15, -0.1) is 17.9 Å². The van der Waals surface area contributed by atoms with Crippen molar-refractivity contribution in [2.75, 3.05) is 19.0 Å². The number of benzene rings is 1. The SMILES string of the molecule is C=C[C@@H]1C[C@]1(NC(=O)[C@@H]1C[C@@H](Oc2cc(-c3csc(NC(C)C)n3)nc3cc(OC)ccc23)CN1C(=O)C(NC(=O)OC1CCCC1)C(C)(C)C)P(=O)(O)Cc1cnccn1. The highest BCUT2D eigenvalue weighted by Crippen LogP contribution is 2.70. The Morgan fingerprint density at radius 1 is 1.11 bits per heavy atom. The summed E-state index contributed by atoms with van der Waals surface area (Å²) in [6.07, 6.45) is 7.54. The molecule has 6 atom stereocenters. The molecule has 2 aliphatic carbocycles. The molecule has 18 heteroatoms. The summed E-state index contributed by atoms with van der Waals surface area (Å²) in [7, 11) is -2.61. The highest BCUT2D eigenvalue weighted by Gasteiger charge is 2.66. The van der Waals surface area contributed by atoms with Crippen molar-refractivity contribution < 1.29 is 38.1 Å². The molecular weight excluding hydrogens is 820 g/mol. The quantitative estimate of drug-likeness (QED) is 0.0710. The van der Waals surface area contributed by atoms with Gasteiger partial charge in [-0.1, -0.05) is 26.8 Å². The van der Waals surface area contributed by atoms with E-state index in [1.165, 1.54) is 34.8 Å². The van der Waals surface area contributed by atoms with Crippen LogP contribution in [0.4, 0.5) is 9.93 Å². The number of pyridine rings is 1. The molecule has 2 unspecified atom stereocenters. The Morgan fingerprint density at radius 2 is 1.89 bits per heavy atom. The van der Waals surface area contributed by atoms with Crippen molar-refractivity contribution in [3.63, 3.8) is 0 Å². The summed E-state index contributed by atoms with van der Waals surface area (Å²) < 4.78 is 32.2.